The van der Waals surface area contributed by atoms with Gasteiger partial charge in [-0.05, 0) is 64.2 Å². The van der Waals surface area contributed by atoms with Crippen molar-refractivity contribution in [1.29, 1.82) is 0 Å². The van der Waals surface area contributed by atoms with E-state index in [0.29, 0.717) is 0 Å². The lowest BCUT2D eigenvalue weighted by Gasteiger charge is -2.31. The molecule has 0 aromatic heterocycles. The van der Waals surface area contributed by atoms with Gasteiger partial charge in [0, 0.05) is 39.5 Å². The van der Waals surface area contributed by atoms with Gasteiger partial charge in [0.05, 0.1) is 65.2 Å². The monoisotopic (exact) mass is 1080 g/mol. The van der Waals surface area contributed by atoms with Crippen LogP contribution >= 0.6 is 31.3 Å². The molecule has 16 atom stereocenters. The standard InChI is InChI=1S/C18H32B3O12P2.C10H18BO7P.C8H16B2O6P/c1-10(2)27-8-13-11(7-15(21-20)29-13)31-35(25,26)33-17(22)16-12(6-14(19)30-16)32-34(23,24)28-9-18(3,4)5;1-10(2,3)5-16-19(14,15)18-6-4-7(11)17-8(6)9(12)13;1-5(2)14-4-7-6(16-17(11,12)13)3-8(10-9)15-7/h10-16H,6-9H2,1-5H3,(H,23,24)(H,25,26);6-8H,4-5H2,1-3H3,(H,12,13)(H,14,15);5-8H,3-4H2,1-2H3,(H2,11,12,13)/p-4/t11?,12?,13-,14-,15-,16+;6?,7-,8+;6?,7-,8-/m111/s1. The first kappa shape index (κ1) is 66.7. The molecule has 0 spiro atoms. The van der Waals surface area contributed by atoms with Crippen LogP contribution in [0.25, 0.3) is 0 Å². The average Bonchev–Trinajstić information content (AvgIpc) is 3.98. The van der Waals surface area contributed by atoms with Gasteiger partial charge >= 0.3 is 19.8 Å². The molecule has 71 heavy (non-hydrogen) atoms. The predicted molar refractivity (Wildman–Crippen MR) is 246 cm³/mol. The Bertz CT molecular complexity index is 1860. The smallest absolute Gasteiger partial charge is 0.343 e. The number of carbonyl (C=O) groups is 2. The van der Waals surface area contributed by atoms with Crippen LogP contribution in [0.3, 0.4) is 0 Å². The molecule has 398 valence electrons. The number of hydrogen-bond donors (Lipinski definition) is 2. The van der Waals surface area contributed by atoms with E-state index in [1.165, 1.54) is 14.3 Å². The van der Waals surface area contributed by atoms with Gasteiger partial charge in [-0.3, -0.25) is 18.3 Å². The summed E-state index contributed by atoms with van der Waals surface area (Å²) in [4.78, 5) is 79.0. The lowest BCUT2D eigenvalue weighted by Crippen LogP contribution is -2.36. The molecule has 4 aliphatic rings. The van der Waals surface area contributed by atoms with Gasteiger partial charge in [0.15, 0.2) is 12.2 Å². The number of phosphoric acid groups is 4. The van der Waals surface area contributed by atoms with E-state index >= 15 is 0 Å². The molecule has 4 rings (SSSR count). The van der Waals surface area contributed by atoms with Gasteiger partial charge in [0.1, 0.15) is 40.1 Å². The highest BCUT2D eigenvalue weighted by Gasteiger charge is 2.45. The van der Waals surface area contributed by atoms with Crippen molar-refractivity contribution in [2.24, 2.45) is 10.8 Å². The summed E-state index contributed by atoms with van der Waals surface area (Å²) in [7, 11) is 4.95. The van der Waals surface area contributed by atoms with E-state index in [0.717, 1.165) is 0 Å². The van der Waals surface area contributed by atoms with Gasteiger partial charge in [-0.15, -0.1) is 0 Å². The van der Waals surface area contributed by atoms with E-state index in [1.807, 2.05) is 13.8 Å². The number of rotatable bonds is 23. The van der Waals surface area contributed by atoms with Crippen LogP contribution in [-0.4, -0.2) is 179 Å². The van der Waals surface area contributed by atoms with Crippen LogP contribution in [0.5, 0.6) is 0 Å². The molecule has 35 heteroatoms. The van der Waals surface area contributed by atoms with Crippen molar-refractivity contribution in [3.8, 4) is 0 Å². The fourth-order valence-corrected chi connectivity index (χ4v) is 10.0. The second-order valence-electron chi connectivity index (χ2n) is 19.5. The maximum atomic E-state index is 12.6. The molecule has 4 fully saturated rings. The van der Waals surface area contributed by atoms with E-state index in [-0.39, 0.29) is 69.7 Å². The Morgan fingerprint density at radius 2 is 0.986 bits per heavy atom. The molecule has 0 aromatic carbocycles. The number of ether oxygens (including phenoxy) is 6. The van der Waals surface area contributed by atoms with Crippen molar-refractivity contribution < 1.29 is 118 Å². The Morgan fingerprint density at radius 3 is 1.34 bits per heavy atom. The zero-order valence-electron chi connectivity index (χ0n) is 41.3. The molecule has 4 saturated heterocycles. The third kappa shape index (κ3) is 26.9. The van der Waals surface area contributed by atoms with Crippen LogP contribution in [0, 0.1) is 10.8 Å². The number of hydrogen-bond acceptors (Lipinski definition) is 23. The first-order valence-electron chi connectivity index (χ1n) is 22.2. The number of carbonyl (C=O) groups excluding carboxylic acids is 1. The number of carboxylic acids is 1. The third-order valence-corrected chi connectivity index (χ3v) is 12.8. The topological polar surface area (TPSA) is 355 Å². The Morgan fingerprint density at radius 1 is 0.620 bits per heavy atom. The van der Waals surface area contributed by atoms with E-state index in [1.54, 1.807) is 55.4 Å². The fraction of sp³-hybridized carbons (Fsp3) is 0.944. The second-order valence-corrected chi connectivity index (χ2v) is 24.7. The molecular formula is C36H62B6O25P4-4. The molecule has 0 amide bonds. The van der Waals surface area contributed by atoms with E-state index < -0.39 is 121 Å². The minimum atomic E-state index is -5.25. The van der Waals surface area contributed by atoms with Crippen molar-refractivity contribution >= 4 is 88.7 Å². The summed E-state index contributed by atoms with van der Waals surface area (Å²) in [5.41, 5.74) is -0.849. The Balaban J connectivity index is 0.000000403. The molecule has 0 bridgehead atoms. The first-order valence-corrected chi connectivity index (χ1v) is 28.1. The average molecular weight is 1080 g/mol. The van der Waals surface area contributed by atoms with Gasteiger partial charge in [-0.2, -0.15) is 0 Å². The van der Waals surface area contributed by atoms with Crippen LogP contribution in [-0.2, 0) is 87.9 Å². The van der Waals surface area contributed by atoms with E-state index in [9.17, 15) is 47.4 Å². The fourth-order valence-electron chi connectivity index (χ4n) is 6.28. The lowest BCUT2D eigenvalue weighted by molar-refractivity contribution is -0.236. The van der Waals surface area contributed by atoms with Gasteiger partial charge in [-0.25, -0.2) is 9.59 Å². The SMILES string of the molecule is [B][B][C@H]1CC(OP(=O)([O-])O)[C@@H](COC(C)C)O1.[B][B][C@H]1CC(OP(=O)([O-])OC(=O)[C@H]2O[C@@H]([B])CC2OP(=O)([O-])OCC(C)(C)C)[C@@H](COC(C)C)O1.[B][C@H]1CC(OP(=O)([O-])OCC(C)(C)C)[C@@H](C(=O)O)O1. The highest BCUT2D eigenvalue weighted by molar-refractivity contribution is 7.46. The van der Waals surface area contributed by atoms with Crippen molar-refractivity contribution in [3.05, 3.63) is 0 Å². The van der Waals surface area contributed by atoms with Crippen LogP contribution in [0.2, 0.25) is 0 Å². The zero-order chi connectivity index (χ0) is 54.5. The van der Waals surface area contributed by atoms with Gasteiger partial charge in [0.25, 0.3) is 23.5 Å². The molecule has 25 nitrogen and oxygen atoms in total. The largest absolute Gasteiger partial charge is 0.756 e. The summed E-state index contributed by atoms with van der Waals surface area (Å²) >= 11 is 0. The minimum Gasteiger partial charge on any atom is -0.756 e. The number of carboxylic acid groups (broad SMARTS) is 1. The lowest BCUT2D eigenvalue weighted by atomic mass is 9.51. The first-order chi connectivity index (χ1) is 32.3. The maximum absolute atomic E-state index is 12.6. The highest BCUT2D eigenvalue weighted by atomic mass is 31.2. The number of aliphatic carboxylic acids is 1. The molecule has 8 unspecified atom stereocenters. The van der Waals surface area contributed by atoms with Crippen molar-refractivity contribution in [3.63, 3.8) is 0 Å². The molecule has 0 aliphatic carbocycles. The summed E-state index contributed by atoms with van der Waals surface area (Å²) in [6, 6.07) is -2.96. The molecule has 4 heterocycles. The normalized spacial score (nSPS) is 32.3. The van der Waals surface area contributed by atoms with Crippen LogP contribution in [0.15, 0.2) is 0 Å². The Labute approximate surface area is 422 Å². The van der Waals surface area contributed by atoms with Crippen LogP contribution in [0.4, 0.5) is 0 Å². The second kappa shape index (κ2) is 28.8. The van der Waals surface area contributed by atoms with Crippen LogP contribution in [0.1, 0.15) is 94.9 Å². The summed E-state index contributed by atoms with van der Waals surface area (Å²) in [5.74, 6) is -2.78. The molecule has 10 radical (unpaired) electrons. The van der Waals surface area contributed by atoms with Gasteiger partial charge in [0.2, 0.25) is 0 Å². The van der Waals surface area contributed by atoms with E-state index in [2.05, 4.69) is 9.05 Å². The molecule has 2 N–H and O–H groups in total. The highest BCUT2D eigenvalue weighted by Crippen LogP contribution is 2.48. The summed E-state index contributed by atoms with van der Waals surface area (Å²) in [6.45, 7) is 17.9. The molecular weight excluding hydrogens is 1020 g/mol. The summed E-state index contributed by atoms with van der Waals surface area (Å²) in [5, 5.41) is 8.86. The molecule has 0 aromatic rings. The Kier molecular flexibility index (Phi) is 27.0. The van der Waals surface area contributed by atoms with Gasteiger partial charge in [-0.1, -0.05) is 41.5 Å². The minimum absolute atomic E-state index is 0.00617. The van der Waals surface area contributed by atoms with Crippen molar-refractivity contribution in [2.75, 3.05) is 26.4 Å². The maximum Gasteiger partial charge on any atom is 0.343 e. The van der Waals surface area contributed by atoms with Gasteiger partial charge < -0.3 is 89.7 Å². The molecule has 4 aliphatic heterocycles. The number of phosphoric ester groups is 4. The molecule has 0 saturated carbocycles. The summed E-state index contributed by atoms with van der Waals surface area (Å²) < 4.78 is 112. The Hall–Kier alpha value is -0.430. The predicted octanol–water partition coefficient (Wildman–Crippen LogP) is -0.658. The van der Waals surface area contributed by atoms with Crippen LogP contribution < -0.4 is 19.6 Å². The quantitative estimate of drug-likeness (QED) is 0.0947. The zero-order valence-corrected chi connectivity index (χ0v) is 44.9. The van der Waals surface area contributed by atoms with E-state index in [4.69, 9.17) is 92.2 Å². The van der Waals surface area contributed by atoms with Crippen molar-refractivity contribution in [2.45, 2.75) is 180 Å². The summed E-state index contributed by atoms with van der Waals surface area (Å²) in [6.07, 6.45) is -9.01. The van der Waals surface area contributed by atoms with Crippen molar-refractivity contribution in [1.82, 2.24) is 0 Å². The third-order valence-electron chi connectivity index (χ3n) is 9.37.